The van der Waals surface area contributed by atoms with Gasteiger partial charge in [0, 0.05) is 18.1 Å². The number of hydrogen-bond acceptors (Lipinski definition) is 4. The van der Waals surface area contributed by atoms with Crippen molar-refractivity contribution in [3.05, 3.63) is 41.4 Å². The van der Waals surface area contributed by atoms with E-state index in [1.165, 1.54) is 6.33 Å². The molecule has 2 aromatic rings. The van der Waals surface area contributed by atoms with Gasteiger partial charge in [-0.1, -0.05) is 11.6 Å². The van der Waals surface area contributed by atoms with Gasteiger partial charge in [-0.3, -0.25) is 4.79 Å². The van der Waals surface area contributed by atoms with Crippen LogP contribution < -0.4 is 4.74 Å². The van der Waals surface area contributed by atoms with Crippen LogP contribution >= 0.6 is 11.6 Å². The number of halogens is 1. The van der Waals surface area contributed by atoms with Gasteiger partial charge in [0.2, 0.25) is 5.91 Å². The topological polar surface area (TPSA) is 60.2 Å². The average molecular weight is 347 g/mol. The lowest BCUT2D eigenvalue weighted by Gasteiger charge is -2.36. The number of fused-ring (bicyclic) bond motifs is 1. The lowest BCUT2D eigenvalue weighted by Crippen LogP contribution is -2.46. The molecule has 2 aliphatic heterocycles. The first-order chi connectivity index (χ1) is 11.7. The summed E-state index contributed by atoms with van der Waals surface area (Å²) < 4.78 is 7.62. The van der Waals surface area contributed by atoms with Crippen molar-refractivity contribution >= 4 is 17.5 Å². The van der Waals surface area contributed by atoms with E-state index in [0.717, 1.165) is 30.7 Å². The summed E-state index contributed by atoms with van der Waals surface area (Å²) in [4.78, 5) is 18.9. The maximum atomic E-state index is 12.9. The number of hydrogen-bond donors (Lipinski definition) is 0. The second kappa shape index (κ2) is 6.43. The molecule has 4 rings (SSSR count). The molecule has 24 heavy (non-hydrogen) atoms. The lowest BCUT2D eigenvalue weighted by atomic mass is 9.94. The van der Waals surface area contributed by atoms with Crippen molar-refractivity contribution in [2.75, 3.05) is 19.7 Å². The van der Waals surface area contributed by atoms with Crippen molar-refractivity contribution in [1.29, 1.82) is 0 Å². The average Bonchev–Trinajstić information content (AvgIpc) is 3.15. The Morgan fingerprint density at radius 1 is 1.38 bits per heavy atom. The van der Waals surface area contributed by atoms with Crippen molar-refractivity contribution in [2.45, 2.75) is 25.3 Å². The smallest absolute Gasteiger partial charge is 0.229 e. The van der Waals surface area contributed by atoms with Crippen molar-refractivity contribution in [1.82, 2.24) is 19.7 Å². The molecule has 0 aliphatic carbocycles. The van der Waals surface area contributed by atoms with E-state index in [1.54, 1.807) is 6.33 Å². The molecular weight excluding hydrogens is 328 g/mol. The van der Waals surface area contributed by atoms with Crippen LogP contribution in [0.1, 0.15) is 24.4 Å². The lowest BCUT2D eigenvalue weighted by molar-refractivity contribution is -0.138. The number of amides is 1. The molecular formula is C17H19ClN4O2. The zero-order valence-corrected chi connectivity index (χ0v) is 14.0. The third-order valence-electron chi connectivity index (χ3n) is 4.80. The number of piperidine rings is 1. The van der Waals surface area contributed by atoms with E-state index in [-0.39, 0.29) is 17.9 Å². The van der Waals surface area contributed by atoms with E-state index < -0.39 is 0 Å². The standard InChI is InChI=1S/C17H19ClN4O2/c18-14-3-4-16-12(7-14)6-13(9-24-16)17(23)21-5-1-2-15(8-21)22-11-19-10-20-22/h3-4,7,10-11,13,15H,1-2,5-6,8-9H2/t13-,15-/m0/s1. The summed E-state index contributed by atoms with van der Waals surface area (Å²) >= 11 is 6.06. The molecule has 0 spiro atoms. The molecule has 0 saturated carbocycles. The highest BCUT2D eigenvalue weighted by molar-refractivity contribution is 6.30. The molecule has 126 valence electrons. The highest BCUT2D eigenvalue weighted by atomic mass is 35.5. The second-order valence-electron chi connectivity index (χ2n) is 6.42. The number of rotatable bonds is 2. The number of aromatic nitrogens is 3. The van der Waals surface area contributed by atoms with Crippen molar-refractivity contribution in [2.24, 2.45) is 5.92 Å². The zero-order valence-electron chi connectivity index (χ0n) is 13.3. The van der Waals surface area contributed by atoms with Crippen molar-refractivity contribution in [3.63, 3.8) is 0 Å². The molecule has 1 amide bonds. The normalized spacial score (nSPS) is 23.5. The summed E-state index contributed by atoms with van der Waals surface area (Å²) in [6.45, 7) is 1.90. The number of benzene rings is 1. The maximum Gasteiger partial charge on any atom is 0.229 e. The Balaban J connectivity index is 1.46. The van der Waals surface area contributed by atoms with Crippen LogP contribution in [0.4, 0.5) is 0 Å². The Hall–Kier alpha value is -2.08. The van der Waals surface area contributed by atoms with E-state index in [2.05, 4.69) is 10.1 Å². The van der Waals surface area contributed by atoms with Gasteiger partial charge in [0.05, 0.1) is 12.0 Å². The first-order valence-corrected chi connectivity index (χ1v) is 8.62. The molecule has 1 saturated heterocycles. The van der Waals surface area contributed by atoms with Gasteiger partial charge in [-0.25, -0.2) is 9.67 Å². The highest BCUT2D eigenvalue weighted by Crippen LogP contribution is 2.31. The Morgan fingerprint density at radius 2 is 2.29 bits per heavy atom. The molecule has 0 N–H and O–H groups in total. The summed E-state index contributed by atoms with van der Waals surface area (Å²) in [6.07, 6.45) is 5.94. The number of carbonyl (C=O) groups is 1. The molecule has 1 aromatic carbocycles. The van der Waals surface area contributed by atoms with Gasteiger partial charge in [-0.05, 0) is 43.0 Å². The fourth-order valence-electron chi connectivity index (χ4n) is 3.56. The summed E-state index contributed by atoms with van der Waals surface area (Å²) in [5.41, 5.74) is 1.01. The Labute approximate surface area is 145 Å². The molecule has 0 unspecified atom stereocenters. The van der Waals surface area contributed by atoms with Crippen LogP contribution in [-0.2, 0) is 11.2 Å². The molecule has 3 heterocycles. The predicted molar refractivity (Wildman–Crippen MR) is 89.0 cm³/mol. The fraction of sp³-hybridized carbons (Fsp3) is 0.471. The highest BCUT2D eigenvalue weighted by Gasteiger charge is 2.32. The van der Waals surface area contributed by atoms with Crippen LogP contribution in [0.5, 0.6) is 5.75 Å². The van der Waals surface area contributed by atoms with E-state index in [4.69, 9.17) is 16.3 Å². The Bertz CT molecular complexity index is 734. The fourth-order valence-corrected chi connectivity index (χ4v) is 3.75. The van der Waals surface area contributed by atoms with E-state index in [9.17, 15) is 4.79 Å². The minimum absolute atomic E-state index is 0.148. The van der Waals surface area contributed by atoms with Gasteiger partial charge >= 0.3 is 0 Å². The van der Waals surface area contributed by atoms with Gasteiger partial charge in [0.15, 0.2) is 0 Å². The second-order valence-corrected chi connectivity index (χ2v) is 6.86. The minimum atomic E-state index is -0.148. The van der Waals surface area contributed by atoms with Crippen molar-refractivity contribution < 1.29 is 9.53 Å². The van der Waals surface area contributed by atoms with Crippen molar-refractivity contribution in [3.8, 4) is 5.75 Å². The SMILES string of the molecule is O=C([C@@H]1COc2ccc(Cl)cc2C1)N1CCC[C@H](n2cncn2)C1. The minimum Gasteiger partial charge on any atom is -0.492 e. The molecule has 1 aromatic heterocycles. The number of ether oxygens (including phenoxy) is 1. The summed E-state index contributed by atoms with van der Waals surface area (Å²) in [5.74, 6) is 0.846. The molecule has 0 radical (unpaired) electrons. The Kier molecular flexibility index (Phi) is 4.14. The van der Waals surface area contributed by atoms with Gasteiger partial charge in [0.1, 0.15) is 25.0 Å². The summed E-state index contributed by atoms with van der Waals surface area (Å²) in [7, 11) is 0. The predicted octanol–water partition coefficient (Wildman–Crippen LogP) is 2.35. The Morgan fingerprint density at radius 3 is 3.12 bits per heavy atom. The molecule has 7 heteroatoms. The summed E-state index contributed by atoms with van der Waals surface area (Å²) in [6, 6.07) is 5.79. The van der Waals surface area contributed by atoms with Crippen LogP contribution in [0.2, 0.25) is 5.02 Å². The zero-order chi connectivity index (χ0) is 16.5. The van der Waals surface area contributed by atoms with E-state index in [1.807, 2.05) is 27.8 Å². The monoisotopic (exact) mass is 346 g/mol. The molecule has 6 nitrogen and oxygen atoms in total. The van der Waals surface area contributed by atoms with Crippen LogP contribution in [-0.4, -0.2) is 45.3 Å². The third-order valence-corrected chi connectivity index (χ3v) is 5.03. The van der Waals surface area contributed by atoms with E-state index in [0.29, 0.717) is 24.6 Å². The molecule has 2 aliphatic rings. The van der Waals surface area contributed by atoms with Crippen LogP contribution in [0.25, 0.3) is 0 Å². The summed E-state index contributed by atoms with van der Waals surface area (Å²) in [5, 5.41) is 4.89. The first kappa shape index (κ1) is 15.4. The largest absolute Gasteiger partial charge is 0.492 e. The third kappa shape index (κ3) is 2.98. The quantitative estimate of drug-likeness (QED) is 0.837. The van der Waals surface area contributed by atoms with Crippen LogP contribution in [0.3, 0.4) is 0 Å². The molecule has 2 atom stereocenters. The number of likely N-dealkylation sites (tertiary alicyclic amines) is 1. The first-order valence-electron chi connectivity index (χ1n) is 8.25. The van der Waals surface area contributed by atoms with Gasteiger partial charge in [-0.15, -0.1) is 0 Å². The van der Waals surface area contributed by atoms with E-state index >= 15 is 0 Å². The van der Waals surface area contributed by atoms with Crippen LogP contribution in [0.15, 0.2) is 30.9 Å². The number of nitrogens with zero attached hydrogens (tertiary/aromatic N) is 4. The van der Waals surface area contributed by atoms with Gasteiger partial charge < -0.3 is 9.64 Å². The van der Waals surface area contributed by atoms with Gasteiger partial charge in [0.25, 0.3) is 0 Å². The molecule has 1 fully saturated rings. The van der Waals surface area contributed by atoms with Crippen LogP contribution in [0, 0.1) is 5.92 Å². The van der Waals surface area contributed by atoms with Gasteiger partial charge in [-0.2, -0.15) is 5.10 Å². The number of carbonyl (C=O) groups excluding carboxylic acids is 1. The maximum absolute atomic E-state index is 12.9. The molecule has 0 bridgehead atoms.